The van der Waals surface area contributed by atoms with Crippen LogP contribution in [0.1, 0.15) is 42.6 Å². The number of hydrogen-bond donors (Lipinski definition) is 1. The van der Waals surface area contributed by atoms with E-state index in [2.05, 4.69) is 41.5 Å². The van der Waals surface area contributed by atoms with Gasteiger partial charge in [0.25, 0.3) is 5.91 Å². The Kier molecular flexibility index (Phi) is 7.14. The number of aromatic nitrogens is 1. The highest BCUT2D eigenvalue weighted by Crippen LogP contribution is 2.25. The number of benzene rings is 2. The van der Waals surface area contributed by atoms with Gasteiger partial charge in [-0.3, -0.25) is 14.9 Å². The van der Waals surface area contributed by atoms with Gasteiger partial charge in [-0.2, -0.15) is 0 Å². The number of carbonyl (C=O) groups excluding carboxylic acids is 2. The Morgan fingerprint density at radius 2 is 1.76 bits per heavy atom. The first-order valence-corrected chi connectivity index (χ1v) is 10.6. The Morgan fingerprint density at radius 1 is 1.03 bits per heavy atom. The summed E-state index contributed by atoms with van der Waals surface area (Å²) in [5.41, 5.74) is 3.82. The maximum absolute atomic E-state index is 12.1. The lowest BCUT2D eigenvalue weighted by atomic mass is 10.1. The third-order valence-electron chi connectivity index (χ3n) is 4.41. The van der Waals surface area contributed by atoms with Gasteiger partial charge in [0.15, 0.2) is 17.5 Å². The van der Waals surface area contributed by atoms with Crippen LogP contribution < -0.4 is 10.1 Å². The third kappa shape index (κ3) is 5.74. The molecule has 1 aromatic heterocycles. The Balaban J connectivity index is 1.53. The number of ketones is 1. The second kappa shape index (κ2) is 9.98. The van der Waals surface area contributed by atoms with Crippen molar-refractivity contribution in [2.45, 2.75) is 33.1 Å². The van der Waals surface area contributed by atoms with Gasteiger partial charge in [-0.15, -0.1) is 11.3 Å². The summed E-state index contributed by atoms with van der Waals surface area (Å²) in [7, 11) is 0. The molecule has 0 spiro atoms. The van der Waals surface area contributed by atoms with E-state index >= 15 is 0 Å². The first-order chi connectivity index (χ1) is 14.1. The average Bonchev–Trinajstić information content (AvgIpc) is 3.21. The van der Waals surface area contributed by atoms with E-state index in [0.717, 1.165) is 24.1 Å². The van der Waals surface area contributed by atoms with Crippen LogP contribution in [0.2, 0.25) is 0 Å². The zero-order chi connectivity index (χ0) is 20.6. The summed E-state index contributed by atoms with van der Waals surface area (Å²) in [4.78, 5) is 28.3. The Morgan fingerprint density at radius 3 is 2.41 bits per heavy atom. The summed E-state index contributed by atoms with van der Waals surface area (Å²) >= 11 is 1.38. The molecule has 0 saturated carbocycles. The van der Waals surface area contributed by atoms with Crippen LogP contribution in [0.25, 0.3) is 11.3 Å². The van der Waals surface area contributed by atoms with Crippen LogP contribution >= 0.6 is 11.3 Å². The second-order valence-electron chi connectivity index (χ2n) is 6.62. The molecular weight excluding hydrogens is 384 g/mol. The number of nitrogens with one attached hydrogen (secondary N) is 1. The third-order valence-corrected chi connectivity index (χ3v) is 5.16. The van der Waals surface area contributed by atoms with Crippen molar-refractivity contribution in [3.63, 3.8) is 0 Å². The van der Waals surface area contributed by atoms with Crippen molar-refractivity contribution in [1.82, 2.24) is 4.98 Å². The number of hydrogen-bond acceptors (Lipinski definition) is 5. The molecule has 1 heterocycles. The lowest BCUT2D eigenvalue weighted by molar-refractivity contribution is -0.118. The molecule has 5 nitrogen and oxygen atoms in total. The Labute approximate surface area is 174 Å². The smallest absolute Gasteiger partial charge is 0.264 e. The maximum Gasteiger partial charge on any atom is 0.264 e. The largest absolute Gasteiger partial charge is 0.484 e. The second-order valence-corrected chi connectivity index (χ2v) is 7.48. The van der Waals surface area contributed by atoms with E-state index in [0.29, 0.717) is 22.9 Å². The lowest BCUT2D eigenvalue weighted by Gasteiger charge is -2.06. The summed E-state index contributed by atoms with van der Waals surface area (Å²) in [6.45, 7) is 3.86. The molecule has 0 aliphatic rings. The average molecular weight is 409 g/mol. The van der Waals surface area contributed by atoms with Gasteiger partial charge in [-0.05, 0) is 36.2 Å². The number of amides is 1. The molecule has 0 atom stereocenters. The van der Waals surface area contributed by atoms with Crippen LogP contribution in [-0.2, 0) is 11.2 Å². The molecule has 0 saturated heterocycles. The summed E-state index contributed by atoms with van der Waals surface area (Å²) in [6, 6.07) is 15.1. The Bertz CT molecular complexity index is 963. The van der Waals surface area contributed by atoms with E-state index in [1.165, 1.54) is 16.9 Å². The van der Waals surface area contributed by atoms with E-state index in [1.807, 2.05) is 12.3 Å². The molecule has 0 aliphatic carbocycles. The fraction of sp³-hybridized carbons (Fsp3) is 0.261. The molecule has 150 valence electrons. The van der Waals surface area contributed by atoms with Gasteiger partial charge in [0.2, 0.25) is 0 Å². The van der Waals surface area contributed by atoms with Crippen LogP contribution in [0, 0.1) is 0 Å². The van der Waals surface area contributed by atoms with Crippen LogP contribution in [-0.4, -0.2) is 23.3 Å². The fourth-order valence-electron chi connectivity index (χ4n) is 2.84. The molecule has 0 unspecified atom stereocenters. The van der Waals surface area contributed by atoms with Gasteiger partial charge in [-0.25, -0.2) is 4.98 Å². The summed E-state index contributed by atoms with van der Waals surface area (Å²) < 4.78 is 5.49. The molecule has 0 bridgehead atoms. The molecular formula is C23H24N2O3S. The standard InChI is InChI=1S/C23H24N2O3S/c1-3-5-16-6-8-17(9-7-16)20-15-29-23(24-20)25-22(27)14-28-19-12-10-18(11-13-19)21(26)4-2/h6-13,15H,3-5,14H2,1-2H3,(H,24,25,27). The molecule has 29 heavy (non-hydrogen) atoms. The molecule has 3 aromatic rings. The zero-order valence-electron chi connectivity index (χ0n) is 16.6. The minimum atomic E-state index is -0.280. The van der Waals surface area contributed by atoms with Gasteiger partial charge in [0.1, 0.15) is 5.75 Å². The summed E-state index contributed by atoms with van der Waals surface area (Å²) in [5.74, 6) is 0.339. The van der Waals surface area contributed by atoms with E-state index in [4.69, 9.17) is 4.74 Å². The lowest BCUT2D eigenvalue weighted by Crippen LogP contribution is -2.20. The first-order valence-electron chi connectivity index (χ1n) is 9.69. The predicted molar refractivity (Wildman–Crippen MR) is 117 cm³/mol. The van der Waals surface area contributed by atoms with Gasteiger partial charge in [-0.1, -0.05) is 44.5 Å². The minimum absolute atomic E-state index is 0.0777. The number of aryl methyl sites for hydroxylation is 1. The maximum atomic E-state index is 12.1. The first kappa shape index (κ1) is 20.7. The zero-order valence-corrected chi connectivity index (χ0v) is 17.4. The molecule has 2 aromatic carbocycles. The number of thiazole rings is 1. The summed E-state index contributed by atoms with van der Waals surface area (Å²) in [5, 5.41) is 5.22. The van der Waals surface area contributed by atoms with Crippen molar-refractivity contribution in [1.29, 1.82) is 0 Å². The molecule has 1 N–H and O–H groups in total. The highest BCUT2D eigenvalue weighted by Gasteiger charge is 2.10. The van der Waals surface area contributed by atoms with Crippen LogP contribution in [0.4, 0.5) is 5.13 Å². The summed E-state index contributed by atoms with van der Waals surface area (Å²) in [6.07, 6.45) is 2.65. The highest BCUT2D eigenvalue weighted by molar-refractivity contribution is 7.14. The molecule has 6 heteroatoms. The Hall–Kier alpha value is -2.99. The SMILES string of the molecule is CCCc1ccc(-c2csc(NC(=O)COc3ccc(C(=O)CC)cc3)n2)cc1. The minimum Gasteiger partial charge on any atom is -0.484 e. The number of anilines is 1. The number of Topliss-reactive ketones (excluding diaryl/α,β-unsaturated/α-hetero) is 1. The molecule has 0 radical (unpaired) electrons. The number of nitrogens with zero attached hydrogens (tertiary/aromatic N) is 1. The normalized spacial score (nSPS) is 10.6. The van der Waals surface area contributed by atoms with Crippen molar-refractivity contribution in [3.8, 4) is 17.0 Å². The van der Waals surface area contributed by atoms with Gasteiger partial charge in [0, 0.05) is 22.9 Å². The molecule has 1 amide bonds. The van der Waals surface area contributed by atoms with E-state index in [9.17, 15) is 9.59 Å². The predicted octanol–water partition coefficient (Wildman–Crippen LogP) is 5.37. The fourth-order valence-corrected chi connectivity index (χ4v) is 3.58. The highest BCUT2D eigenvalue weighted by atomic mass is 32.1. The molecule has 0 fully saturated rings. The van der Waals surface area contributed by atoms with Crippen molar-refractivity contribution >= 4 is 28.2 Å². The van der Waals surface area contributed by atoms with Crippen LogP contribution in [0.15, 0.2) is 53.9 Å². The van der Waals surface area contributed by atoms with Crippen molar-refractivity contribution in [2.75, 3.05) is 11.9 Å². The van der Waals surface area contributed by atoms with E-state index < -0.39 is 0 Å². The quantitative estimate of drug-likeness (QED) is 0.483. The number of carbonyl (C=O) groups is 2. The van der Waals surface area contributed by atoms with Crippen molar-refractivity contribution in [2.24, 2.45) is 0 Å². The van der Waals surface area contributed by atoms with Gasteiger partial charge >= 0.3 is 0 Å². The molecule has 0 aliphatic heterocycles. The van der Waals surface area contributed by atoms with Crippen molar-refractivity contribution in [3.05, 3.63) is 65.0 Å². The van der Waals surface area contributed by atoms with Crippen LogP contribution in [0.5, 0.6) is 5.75 Å². The van der Waals surface area contributed by atoms with Crippen molar-refractivity contribution < 1.29 is 14.3 Å². The van der Waals surface area contributed by atoms with Gasteiger partial charge in [0.05, 0.1) is 5.69 Å². The monoisotopic (exact) mass is 408 g/mol. The van der Waals surface area contributed by atoms with E-state index in [-0.39, 0.29) is 18.3 Å². The molecule has 3 rings (SSSR count). The topological polar surface area (TPSA) is 68.3 Å². The van der Waals surface area contributed by atoms with Crippen LogP contribution in [0.3, 0.4) is 0 Å². The number of rotatable bonds is 9. The number of ether oxygens (including phenoxy) is 1. The van der Waals surface area contributed by atoms with Gasteiger partial charge < -0.3 is 4.74 Å². The van der Waals surface area contributed by atoms with E-state index in [1.54, 1.807) is 24.3 Å².